The molecule has 4 heteroatoms. The van der Waals surface area contributed by atoms with Crippen molar-refractivity contribution in [3.63, 3.8) is 0 Å². The van der Waals surface area contributed by atoms with Gasteiger partial charge in [-0.15, -0.1) is 0 Å². The zero-order chi connectivity index (χ0) is 21.1. The van der Waals surface area contributed by atoms with Crippen LogP contribution in [0.2, 0.25) is 0 Å². The highest BCUT2D eigenvalue weighted by Gasteiger charge is 2.37. The number of nitrogens with zero attached hydrogens (tertiary/aromatic N) is 2. The molecule has 5 rings (SSSR count). The standard InChI is InChI=1S/C28H26N2O.H3N/c1-21-19-29-20-26(30-21)24-13-8-14-27-25(24)15-16-28(31-27,17-22-9-4-2-5-10-22)18-23-11-6-3-7-12-23;/h2-14,19-20H,15-18H2,1H3;1H3. The second kappa shape index (κ2) is 9.33. The van der Waals surface area contributed by atoms with Crippen molar-refractivity contribution >= 4 is 0 Å². The number of rotatable bonds is 5. The van der Waals surface area contributed by atoms with E-state index in [9.17, 15) is 0 Å². The zero-order valence-corrected chi connectivity index (χ0v) is 18.5. The molecule has 0 saturated carbocycles. The fourth-order valence-electron chi connectivity index (χ4n) is 4.64. The first-order valence-corrected chi connectivity index (χ1v) is 10.9. The lowest BCUT2D eigenvalue weighted by molar-refractivity contribution is 0.0466. The Balaban J connectivity index is 0.00000245. The molecule has 1 aromatic heterocycles. The number of fused-ring (bicyclic) bond motifs is 1. The molecule has 162 valence electrons. The minimum Gasteiger partial charge on any atom is -0.486 e. The molecule has 0 fully saturated rings. The first-order chi connectivity index (χ1) is 15.2. The highest BCUT2D eigenvalue weighted by Crippen LogP contribution is 2.41. The van der Waals surface area contributed by atoms with Crippen molar-refractivity contribution in [1.29, 1.82) is 0 Å². The van der Waals surface area contributed by atoms with Crippen LogP contribution in [-0.4, -0.2) is 15.6 Å². The fraction of sp³-hybridized carbons (Fsp3) is 0.214. The lowest BCUT2D eigenvalue weighted by atomic mass is 9.80. The van der Waals surface area contributed by atoms with Gasteiger partial charge < -0.3 is 10.9 Å². The van der Waals surface area contributed by atoms with Gasteiger partial charge in [-0.2, -0.15) is 0 Å². The third-order valence-electron chi connectivity index (χ3n) is 6.06. The van der Waals surface area contributed by atoms with Gasteiger partial charge in [0.1, 0.15) is 11.4 Å². The van der Waals surface area contributed by atoms with Gasteiger partial charge >= 0.3 is 0 Å². The Labute approximate surface area is 189 Å². The van der Waals surface area contributed by atoms with E-state index in [1.807, 2.05) is 13.1 Å². The number of aryl methyl sites for hydroxylation is 1. The van der Waals surface area contributed by atoms with E-state index in [0.717, 1.165) is 48.4 Å². The molecule has 0 unspecified atom stereocenters. The summed E-state index contributed by atoms with van der Waals surface area (Å²) >= 11 is 0. The Kier molecular flexibility index (Phi) is 6.33. The van der Waals surface area contributed by atoms with E-state index in [2.05, 4.69) is 83.8 Å². The average Bonchev–Trinajstić information content (AvgIpc) is 2.80. The van der Waals surface area contributed by atoms with Gasteiger partial charge in [0.15, 0.2) is 0 Å². The van der Waals surface area contributed by atoms with Crippen molar-refractivity contribution in [2.45, 2.75) is 38.2 Å². The Bertz CT molecular complexity index is 1130. The van der Waals surface area contributed by atoms with Crippen molar-refractivity contribution in [2.75, 3.05) is 0 Å². The SMILES string of the molecule is Cc1cncc(-c2cccc3c2CCC(Cc2ccccc2)(Cc2ccccc2)O3)n1.N. The van der Waals surface area contributed by atoms with Gasteiger partial charge in [0.05, 0.1) is 17.6 Å². The summed E-state index contributed by atoms with van der Waals surface area (Å²) in [4.78, 5) is 9.05. The maximum absolute atomic E-state index is 6.87. The van der Waals surface area contributed by atoms with Crippen LogP contribution in [0.5, 0.6) is 5.75 Å². The van der Waals surface area contributed by atoms with Gasteiger partial charge in [-0.25, -0.2) is 4.98 Å². The summed E-state index contributed by atoms with van der Waals surface area (Å²) in [6, 6.07) is 27.7. The van der Waals surface area contributed by atoms with E-state index in [1.165, 1.54) is 16.7 Å². The third kappa shape index (κ3) is 4.56. The molecule has 4 aromatic rings. The van der Waals surface area contributed by atoms with Crippen LogP contribution in [0, 0.1) is 6.92 Å². The van der Waals surface area contributed by atoms with E-state index >= 15 is 0 Å². The van der Waals surface area contributed by atoms with Crippen LogP contribution in [0.15, 0.2) is 91.3 Å². The molecule has 3 N–H and O–H groups in total. The third-order valence-corrected chi connectivity index (χ3v) is 6.06. The van der Waals surface area contributed by atoms with Gasteiger partial charge in [0, 0.05) is 30.2 Å². The molecule has 0 amide bonds. The molecule has 0 spiro atoms. The maximum atomic E-state index is 6.87. The quantitative estimate of drug-likeness (QED) is 0.417. The Morgan fingerprint density at radius 3 is 2.09 bits per heavy atom. The van der Waals surface area contributed by atoms with Gasteiger partial charge in [-0.05, 0) is 37.0 Å². The second-order valence-electron chi connectivity index (χ2n) is 8.44. The topological polar surface area (TPSA) is 70.0 Å². The first-order valence-electron chi connectivity index (χ1n) is 10.9. The number of hydrogen-bond acceptors (Lipinski definition) is 4. The molecule has 4 nitrogen and oxygen atoms in total. The molecule has 32 heavy (non-hydrogen) atoms. The van der Waals surface area contributed by atoms with E-state index in [0.29, 0.717) is 0 Å². The summed E-state index contributed by atoms with van der Waals surface area (Å²) in [6.07, 6.45) is 7.33. The highest BCUT2D eigenvalue weighted by atomic mass is 16.5. The van der Waals surface area contributed by atoms with Crippen LogP contribution >= 0.6 is 0 Å². The van der Waals surface area contributed by atoms with Crippen molar-refractivity contribution < 1.29 is 4.74 Å². The van der Waals surface area contributed by atoms with Crippen molar-refractivity contribution in [3.05, 3.63) is 114 Å². The predicted molar refractivity (Wildman–Crippen MR) is 129 cm³/mol. The van der Waals surface area contributed by atoms with Crippen LogP contribution in [0.4, 0.5) is 0 Å². The molecule has 0 radical (unpaired) electrons. The van der Waals surface area contributed by atoms with Crippen LogP contribution in [0.25, 0.3) is 11.3 Å². The van der Waals surface area contributed by atoms with Gasteiger partial charge in [-0.1, -0.05) is 72.8 Å². The van der Waals surface area contributed by atoms with Crippen LogP contribution in [-0.2, 0) is 19.3 Å². The van der Waals surface area contributed by atoms with E-state index in [4.69, 9.17) is 9.72 Å². The summed E-state index contributed by atoms with van der Waals surface area (Å²) in [5.41, 5.74) is 6.55. The number of aromatic nitrogens is 2. The number of benzene rings is 3. The fourth-order valence-corrected chi connectivity index (χ4v) is 4.64. The van der Waals surface area contributed by atoms with Crippen LogP contribution < -0.4 is 10.9 Å². The minimum atomic E-state index is -0.271. The van der Waals surface area contributed by atoms with E-state index < -0.39 is 0 Å². The van der Waals surface area contributed by atoms with Gasteiger partial charge in [0.25, 0.3) is 0 Å². The lowest BCUT2D eigenvalue weighted by Crippen LogP contribution is -2.44. The summed E-state index contributed by atoms with van der Waals surface area (Å²) in [7, 11) is 0. The smallest absolute Gasteiger partial charge is 0.124 e. The van der Waals surface area contributed by atoms with Crippen LogP contribution in [0.1, 0.15) is 28.8 Å². The van der Waals surface area contributed by atoms with Gasteiger partial charge in [-0.3, -0.25) is 4.98 Å². The summed E-state index contributed by atoms with van der Waals surface area (Å²) in [5, 5.41) is 0. The Morgan fingerprint density at radius 2 is 1.47 bits per heavy atom. The molecule has 0 bridgehead atoms. The van der Waals surface area contributed by atoms with Crippen molar-refractivity contribution in [2.24, 2.45) is 0 Å². The summed E-state index contributed by atoms with van der Waals surface area (Å²) in [5.74, 6) is 0.971. The van der Waals surface area contributed by atoms with Gasteiger partial charge in [0.2, 0.25) is 0 Å². The van der Waals surface area contributed by atoms with Crippen LogP contribution in [0.3, 0.4) is 0 Å². The maximum Gasteiger partial charge on any atom is 0.124 e. The normalized spacial score (nSPS) is 14.0. The largest absolute Gasteiger partial charge is 0.486 e. The molecule has 2 heterocycles. The molecule has 0 aliphatic carbocycles. The summed E-state index contributed by atoms with van der Waals surface area (Å²) in [6.45, 7) is 1.98. The highest BCUT2D eigenvalue weighted by molar-refractivity contribution is 5.67. The summed E-state index contributed by atoms with van der Waals surface area (Å²) < 4.78 is 6.87. The number of hydrogen-bond donors (Lipinski definition) is 1. The Hall–Kier alpha value is -3.50. The predicted octanol–water partition coefficient (Wildman–Crippen LogP) is 6.16. The van der Waals surface area contributed by atoms with E-state index in [-0.39, 0.29) is 11.8 Å². The van der Waals surface area contributed by atoms with Crippen molar-refractivity contribution in [1.82, 2.24) is 16.1 Å². The van der Waals surface area contributed by atoms with E-state index in [1.54, 1.807) is 6.20 Å². The zero-order valence-electron chi connectivity index (χ0n) is 18.5. The minimum absolute atomic E-state index is 0. The molecular formula is C28H29N3O. The van der Waals surface area contributed by atoms with Crippen molar-refractivity contribution in [3.8, 4) is 17.0 Å². The monoisotopic (exact) mass is 423 g/mol. The molecule has 1 aliphatic rings. The number of ether oxygens (including phenoxy) is 1. The first kappa shape index (κ1) is 21.7. The molecular weight excluding hydrogens is 394 g/mol. The molecule has 0 saturated heterocycles. The molecule has 0 atom stereocenters. The Morgan fingerprint density at radius 1 is 0.812 bits per heavy atom. The molecule has 1 aliphatic heterocycles. The second-order valence-corrected chi connectivity index (χ2v) is 8.44. The molecule has 3 aromatic carbocycles. The average molecular weight is 424 g/mol. The lowest BCUT2D eigenvalue weighted by Gasteiger charge is -2.40.